The summed E-state index contributed by atoms with van der Waals surface area (Å²) >= 11 is 0. The van der Waals surface area contributed by atoms with E-state index in [0.717, 1.165) is 45.1 Å². The van der Waals surface area contributed by atoms with Crippen LogP contribution < -0.4 is 10.1 Å². The first-order valence-electron chi connectivity index (χ1n) is 10.5. The molecule has 0 aliphatic heterocycles. The first-order chi connectivity index (χ1) is 15.9. The lowest BCUT2D eigenvalue weighted by Crippen LogP contribution is -2.01. The second-order valence-corrected chi connectivity index (χ2v) is 7.90. The Morgan fingerprint density at radius 3 is 2.61 bits per heavy atom. The third-order valence-electron chi connectivity index (χ3n) is 5.63. The summed E-state index contributed by atoms with van der Waals surface area (Å²) in [6.45, 7) is 3.82. The van der Waals surface area contributed by atoms with E-state index in [2.05, 4.69) is 15.3 Å². The molecule has 0 bridgehead atoms. The van der Waals surface area contributed by atoms with E-state index in [1.54, 1.807) is 19.5 Å². The Balaban J connectivity index is 1.54. The van der Waals surface area contributed by atoms with E-state index in [-0.39, 0.29) is 5.82 Å². The van der Waals surface area contributed by atoms with Crippen molar-refractivity contribution in [2.75, 3.05) is 12.4 Å². The molecule has 0 atom stereocenters. The van der Waals surface area contributed by atoms with Crippen molar-refractivity contribution in [3.8, 4) is 23.0 Å². The number of benzene rings is 2. The van der Waals surface area contributed by atoms with Crippen molar-refractivity contribution in [2.45, 2.75) is 13.8 Å². The lowest BCUT2D eigenvalue weighted by atomic mass is 10.1. The molecule has 0 aliphatic rings. The Hall–Kier alpha value is -4.20. The number of fused-ring (bicyclic) bond motifs is 1. The average Bonchev–Trinajstić information content (AvgIpc) is 3.38. The molecule has 0 fully saturated rings. The van der Waals surface area contributed by atoms with Gasteiger partial charge in [-0.1, -0.05) is 6.07 Å². The number of halogens is 1. The van der Waals surface area contributed by atoms with Crippen molar-refractivity contribution in [3.63, 3.8) is 0 Å². The molecule has 166 valence electrons. The van der Waals surface area contributed by atoms with Gasteiger partial charge in [-0.15, -0.1) is 0 Å². The number of para-hydroxylation sites is 1. The number of ether oxygens (including phenoxy) is 1. The Bertz CT molecular complexity index is 1490. The summed E-state index contributed by atoms with van der Waals surface area (Å²) in [6.07, 6.45) is 3.65. The number of hydrogen-bond acceptors (Lipinski definition) is 5. The van der Waals surface area contributed by atoms with Crippen LogP contribution in [0.1, 0.15) is 11.3 Å². The smallest absolute Gasteiger partial charge is 0.240 e. The monoisotopic (exact) mass is 442 g/mol. The lowest BCUT2D eigenvalue weighted by molar-refractivity contribution is 0.396. The highest BCUT2D eigenvalue weighted by molar-refractivity contribution is 5.93. The number of nitrogens with zero attached hydrogens (tertiary/aromatic N) is 5. The van der Waals surface area contributed by atoms with E-state index >= 15 is 0 Å². The molecule has 1 N–H and O–H groups in total. The van der Waals surface area contributed by atoms with Gasteiger partial charge in [0.25, 0.3) is 0 Å². The normalized spacial score (nSPS) is 11.2. The Morgan fingerprint density at radius 2 is 1.88 bits per heavy atom. The zero-order chi connectivity index (χ0) is 23.1. The largest absolute Gasteiger partial charge is 0.479 e. The molecule has 3 heterocycles. The summed E-state index contributed by atoms with van der Waals surface area (Å²) in [4.78, 5) is 13.8. The number of aromatic nitrogens is 5. The molecule has 8 heteroatoms. The molecule has 0 unspecified atom stereocenters. The van der Waals surface area contributed by atoms with Crippen LogP contribution in [0.25, 0.3) is 28.1 Å². The van der Waals surface area contributed by atoms with Crippen LogP contribution in [-0.4, -0.2) is 31.2 Å². The summed E-state index contributed by atoms with van der Waals surface area (Å²) in [7, 11) is 3.55. The zero-order valence-corrected chi connectivity index (χ0v) is 18.8. The van der Waals surface area contributed by atoms with Crippen LogP contribution in [0.15, 0.2) is 61.1 Å². The minimum Gasteiger partial charge on any atom is -0.479 e. The molecular weight excluding hydrogens is 419 g/mol. The fraction of sp³-hybridized carbons (Fsp3) is 0.160. The third kappa shape index (κ3) is 3.69. The zero-order valence-electron chi connectivity index (χ0n) is 18.8. The van der Waals surface area contributed by atoms with Crippen LogP contribution in [0.2, 0.25) is 0 Å². The predicted molar refractivity (Wildman–Crippen MR) is 127 cm³/mol. The fourth-order valence-electron chi connectivity index (χ4n) is 3.97. The van der Waals surface area contributed by atoms with Gasteiger partial charge in [-0.05, 0) is 61.9 Å². The van der Waals surface area contributed by atoms with Crippen molar-refractivity contribution >= 4 is 22.5 Å². The van der Waals surface area contributed by atoms with Gasteiger partial charge in [0.2, 0.25) is 5.88 Å². The van der Waals surface area contributed by atoms with Gasteiger partial charge in [-0.2, -0.15) is 4.98 Å². The van der Waals surface area contributed by atoms with E-state index in [4.69, 9.17) is 9.72 Å². The molecule has 0 saturated carbocycles. The summed E-state index contributed by atoms with van der Waals surface area (Å²) < 4.78 is 23.0. The van der Waals surface area contributed by atoms with Gasteiger partial charge in [0.05, 0.1) is 30.3 Å². The molecule has 0 spiro atoms. The summed E-state index contributed by atoms with van der Waals surface area (Å²) in [5, 5.41) is 3.37. The predicted octanol–water partition coefficient (Wildman–Crippen LogP) is 5.33. The average molecular weight is 442 g/mol. The topological polar surface area (TPSA) is 69.8 Å². The summed E-state index contributed by atoms with van der Waals surface area (Å²) in [5.74, 6) is 1.62. The van der Waals surface area contributed by atoms with Crippen LogP contribution in [0.3, 0.4) is 0 Å². The van der Waals surface area contributed by atoms with Crippen molar-refractivity contribution in [2.24, 2.45) is 7.05 Å². The Morgan fingerprint density at radius 1 is 1.03 bits per heavy atom. The molecule has 0 radical (unpaired) electrons. The number of aryl methyl sites for hydroxylation is 3. The third-order valence-corrected chi connectivity index (χ3v) is 5.63. The minimum absolute atomic E-state index is 0.258. The van der Waals surface area contributed by atoms with Crippen LogP contribution in [0.4, 0.5) is 15.9 Å². The van der Waals surface area contributed by atoms with E-state index in [1.807, 2.05) is 66.6 Å². The van der Waals surface area contributed by atoms with Crippen LogP contribution >= 0.6 is 0 Å². The highest BCUT2D eigenvalue weighted by Gasteiger charge is 2.16. The highest BCUT2D eigenvalue weighted by atomic mass is 19.1. The Kier molecular flexibility index (Phi) is 5.05. The molecule has 0 saturated heterocycles. The Labute approximate surface area is 190 Å². The van der Waals surface area contributed by atoms with E-state index in [0.29, 0.717) is 11.7 Å². The van der Waals surface area contributed by atoms with Gasteiger partial charge >= 0.3 is 0 Å². The number of rotatable bonds is 5. The molecule has 7 nitrogen and oxygen atoms in total. The molecule has 0 amide bonds. The van der Waals surface area contributed by atoms with Gasteiger partial charge in [0.1, 0.15) is 28.7 Å². The maximum atomic E-state index is 13.6. The van der Waals surface area contributed by atoms with Gasteiger partial charge in [0.15, 0.2) is 0 Å². The first-order valence-corrected chi connectivity index (χ1v) is 10.5. The number of hydrogen-bond donors (Lipinski definition) is 1. The SMILES string of the molecule is COc1nc(Nc2cccc3c2nc(-c2ccc(F)cc2C)n3C)ccc1-n1cnc(C)c1. The lowest BCUT2D eigenvalue weighted by Gasteiger charge is -2.11. The summed E-state index contributed by atoms with van der Waals surface area (Å²) in [5.41, 5.74) is 6.00. The number of nitrogens with one attached hydrogen (secondary N) is 1. The fourth-order valence-corrected chi connectivity index (χ4v) is 3.97. The number of pyridine rings is 1. The molecule has 33 heavy (non-hydrogen) atoms. The second kappa shape index (κ2) is 8.05. The second-order valence-electron chi connectivity index (χ2n) is 7.90. The molecule has 0 aliphatic carbocycles. The van der Waals surface area contributed by atoms with E-state index < -0.39 is 0 Å². The minimum atomic E-state index is -0.258. The standard InChI is InChI=1S/C25H23FN6O/c1-15-12-17(26)8-9-18(15)24-30-23-19(6-5-7-20(23)31(24)3)28-22-11-10-21(25(29-22)33-4)32-13-16(2)27-14-32/h5-14H,1-4H3,(H,28,29). The van der Waals surface area contributed by atoms with Crippen molar-refractivity contribution in [1.82, 2.24) is 24.1 Å². The number of imidazole rings is 2. The number of methoxy groups -OCH3 is 1. The molecular formula is C25H23FN6O. The molecule has 3 aromatic heterocycles. The van der Waals surface area contributed by atoms with Crippen molar-refractivity contribution in [3.05, 3.63) is 78.1 Å². The van der Waals surface area contributed by atoms with E-state index in [1.165, 1.54) is 12.1 Å². The molecule has 2 aromatic carbocycles. The van der Waals surface area contributed by atoms with E-state index in [9.17, 15) is 4.39 Å². The molecule has 5 rings (SSSR count). The van der Waals surface area contributed by atoms with Crippen LogP contribution in [0.5, 0.6) is 5.88 Å². The maximum absolute atomic E-state index is 13.6. The maximum Gasteiger partial charge on any atom is 0.240 e. The van der Waals surface area contributed by atoms with Crippen molar-refractivity contribution < 1.29 is 9.13 Å². The molecule has 5 aromatic rings. The highest BCUT2D eigenvalue weighted by Crippen LogP contribution is 2.32. The first kappa shape index (κ1) is 20.7. The van der Waals surface area contributed by atoms with Gasteiger partial charge in [-0.3, -0.25) is 0 Å². The number of anilines is 2. The quantitative estimate of drug-likeness (QED) is 0.398. The van der Waals surface area contributed by atoms with Gasteiger partial charge in [-0.25, -0.2) is 14.4 Å². The van der Waals surface area contributed by atoms with Crippen LogP contribution in [-0.2, 0) is 7.05 Å². The van der Waals surface area contributed by atoms with Gasteiger partial charge in [0, 0.05) is 18.8 Å². The summed E-state index contributed by atoms with van der Waals surface area (Å²) in [6, 6.07) is 14.5. The van der Waals surface area contributed by atoms with Gasteiger partial charge < -0.3 is 19.2 Å². The van der Waals surface area contributed by atoms with Crippen molar-refractivity contribution in [1.29, 1.82) is 0 Å². The van der Waals surface area contributed by atoms with Crippen LogP contribution in [0, 0.1) is 19.7 Å².